The second-order valence-electron chi connectivity index (χ2n) is 9.53. The number of ether oxygens (including phenoxy) is 4. The number of epoxide rings is 2. The number of carbonyl (C=O) groups excluding carboxylic acids is 1. The number of hydrogen-bond acceptors (Lipinski definition) is 6. The third kappa shape index (κ3) is 4.69. The van der Waals surface area contributed by atoms with Crippen LogP contribution in [0.15, 0.2) is 11.6 Å². The first-order chi connectivity index (χ1) is 13.6. The number of allylic oxidation sites excluding steroid dienone is 1. The Bertz CT molecular complexity index is 701. The predicted molar refractivity (Wildman–Crippen MR) is 110 cm³/mol. The summed E-state index contributed by atoms with van der Waals surface area (Å²) in [5.74, 6) is 2.32. The smallest absolute Gasteiger partial charge is 0.320 e. The summed E-state index contributed by atoms with van der Waals surface area (Å²) < 4.78 is 23.8. The summed E-state index contributed by atoms with van der Waals surface area (Å²) in [7, 11) is 1.68. The molecule has 6 atom stereocenters. The summed E-state index contributed by atoms with van der Waals surface area (Å²) in [5, 5.41) is 3.04. The molecule has 0 unspecified atom stereocenters. The van der Waals surface area contributed by atoms with Crippen molar-refractivity contribution in [3.8, 4) is 12.3 Å². The molecular weight excluding hydrogens is 370 g/mol. The molecule has 0 bridgehead atoms. The first-order valence-electron chi connectivity index (χ1n) is 10.5. The third-order valence-electron chi connectivity index (χ3n) is 6.56. The van der Waals surface area contributed by atoms with Crippen LogP contribution in [-0.2, 0) is 23.7 Å². The Morgan fingerprint density at radius 3 is 2.66 bits per heavy atom. The summed E-state index contributed by atoms with van der Waals surface area (Å²) in [5.41, 5.74) is 0.162. The quantitative estimate of drug-likeness (QED) is 0.290. The third-order valence-corrected chi connectivity index (χ3v) is 6.56. The molecule has 0 aromatic heterocycles. The van der Waals surface area contributed by atoms with E-state index in [0.717, 1.165) is 12.8 Å². The average molecular weight is 406 g/mol. The van der Waals surface area contributed by atoms with Crippen molar-refractivity contribution in [1.29, 1.82) is 0 Å². The van der Waals surface area contributed by atoms with Crippen LogP contribution in [0.5, 0.6) is 0 Å². The highest BCUT2D eigenvalue weighted by Gasteiger charge is 2.72. The highest BCUT2D eigenvalue weighted by molar-refractivity contribution is 5.72. The minimum absolute atomic E-state index is 0.0252. The van der Waals surface area contributed by atoms with Crippen LogP contribution in [0.25, 0.3) is 0 Å². The lowest BCUT2D eigenvalue weighted by molar-refractivity contribution is -0.171. The van der Waals surface area contributed by atoms with Gasteiger partial charge in [0.1, 0.15) is 23.4 Å². The molecule has 0 aromatic carbocycles. The summed E-state index contributed by atoms with van der Waals surface area (Å²) in [6.45, 7) is 10.8. The van der Waals surface area contributed by atoms with Gasteiger partial charge in [-0.2, -0.15) is 0 Å². The molecule has 162 valence electrons. The molecule has 3 rings (SSSR count). The van der Waals surface area contributed by atoms with Crippen molar-refractivity contribution in [2.75, 3.05) is 20.3 Å². The second-order valence-corrected chi connectivity index (χ2v) is 9.53. The number of methoxy groups -OCH3 is 1. The zero-order valence-electron chi connectivity index (χ0n) is 18.5. The van der Waals surface area contributed by atoms with Gasteiger partial charge in [0.15, 0.2) is 0 Å². The lowest BCUT2D eigenvalue weighted by atomic mass is 9.68. The summed E-state index contributed by atoms with van der Waals surface area (Å²) >= 11 is 0. The number of hydrogen-bond donors (Lipinski definition) is 1. The number of carbonyl (C=O) groups is 1. The van der Waals surface area contributed by atoms with Gasteiger partial charge in [0.2, 0.25) is 0 Å². The first kappa shape index (κ1) is 22.3. The lowest BCUT2D eigenvalue weighted by Crippen LogP contribution is -2.56. The highest BCUT2D eigenvalue weighted by atomic mass is 16.6. The van der Waals surface area contributed by atoms with Gasteiger partial charge in [0, 0.05) is 7.11 Å². The monoisotopic (exact) mass is 405 g/mol. The Kier molecular flexibility index (Phi) is 6.18. The molecule has 1 aliphatic carbocycles. The molecule has 1 spiro atoms. The van der Waals surface area contributed by atoms with Gasteiger partial charge in [-0.15, -0.1) is 6.42 Å². The topological polar surface area (TPSA) is 72.6 Å². The van der Waals surface area contributed by atoms with E-state index in [1.807, 2.05) is 13.8 Å². The molecule has 6 nitrogen and oxygen atoms in total. The average Bonchev–Trinajstić information content (AvgIpc) is 3.57. The van der Waals surface area contributed by atoms with Crippen molar-refractivity contribution in [3.05, 3.63) is 11.6 Å². The Morgan fingerprint density at radius 1 is 1.41 bits per heavy atom. The van der Waals surface area contributed by atoms with Gasteiger partial charge in [-0.25, -0.2) is 0 Å². The van der Waals surface area contributed by atoms with Gasteiger partial charge in [0.25, 0.3) is 0 Å². The Balaban J connectivity index is 1.68. The second kappa shape index (κ2) is 8.03. The molecule has 2 heterocycles. The Hall–Kier alpha value is -1.39. The van der Waals surface area contributed by atoms with Gasteiger partial charge in [0.05, 0.1) is 30.7 Å². The predicted octanol–water partition coefficient (Wildman–Crippen LogP) is 2.61. The molecule has 0 amide bonds. The molecule has 2 aliphatic heterocycles. The van der Waals surface area contributed by atoms with E-state index in [9.17, 15) is 4.79 Å². The van der Waals surface area contributed by atoms with Crippen molar-refractivity contribution in [2.24, 2.45) is 5.92 Å². The van der Waals surface area contributed by atoms with Crippen molar-refractivity contribution < 1.29 is 23.7 Å². The lowest BCUT2D eigenvalue weighted by Gasteiger charge is -2.42. The zero-order valence-corrected chi connectivity index (χ0v) is 18.5. The highest BCUT2D eigenvalue weighted by Crippen LogP contribution is 2.59. The fourth-order valence-electron chi connectivity index (χ4n) is 4.62. The number of nitrogens with one attached hydrogen (secondary N) is 1. The van der Waals surface area contributed by atoms with E-state index < -0.39 is 5.54 Å². The SMILES string of the molecule is C#CC(C)(C)NCC(=O)O[C@@H]1CC[C@]2(CO2)[C@@H]([C@]2(C)O[C@@H]2CC=C(C)C)[C@@H]1OC. The maximum absolute atomic E-state index is 12.4. The van der Waals surface area contributed by atoms with Gasteiger partial charge >= 0.3 is 5.97 Å². The van der Waals surface area contributed by atoms with Crippen LogP contribution in [-0.4, -0.2) is 61.3 Å². The molecule has 29 heavy (non-hydrogen) atoms. The molecule has 0 aromatic rings. The molecular formula is C23H35NO5. The van der Waals surface area contributed by atoms with Crippen LogP contribution in [0.4, 0.5) is 0 Å². The van der Waals surface area contributed by atoms with E-state index in [-0.39, 0.29) is 47.9 Å². The minimum atomic E-state index is -0.561. The molecule has 3 fully saturated rings. The normalized spacial score (nSPS) is 38.2. The van der Waals surface area contributed by atoms with Crippen LogP contribution >= 0.6 is 0 Å². The van der Waals surface area contributed by atoms with E-state index in [1.165, 1.54) is 5.57 Å². The fourth-order valence-corrected chi connectivity index (χ4v) is 4.62. The Morgan fingerprint density at radius 2 is 2.10 bits per heavy atom. The van der Waals surface area contributed by atoms with E-state index in [2.05, 4.69) is 38.1 Å². The van der Waals surface area contributed by atoms with Crippen LogP contribution in [0, 0.1) is 18.3 Å². The molecule has 2 saturated heterocycles. The van der Waals surface area contributed by atoms with E-state index >= 15 is 0 Å². The van der Waals surface area contributed by atoms with E-state index in [1.54, 1.807) is 7.11 Å². The molecule has 1 saturated carbocycles. The van der Waals surface area contributed by atoms with Crippen molar-refractivity contribution in [3.63, 3.8) is 0 Å². The fraction of sp³-hybridized carbons (Fsp3) is 0.783. The van der Waals surface area contributed by atoms with Crippen molar-refractivity contribution >= 4 is 5.97 Å². The molecule has 1 N–H and O–H groups in total. The summed E-state index contributed by atoms with van der Waals surface area (Å²) in [4.78, 5) is 12.4. The molecule has 3 aliphatic rings. The van der Waals surface area contributed by atoms with E-state index in [4.69, 9.17) is 25.4 Å². The Labute approximate surface area is 174 Å². The summed E-state index contributed by atoms with van der Waals surface area (Å²) in [6.07, 6.45) is 9.65. The summed E-state index contributed by atoms with van der Waals surface area (Å²) in [6, 6.07) is 0. The largest absolute Gasteiger partial charge is 0.459 e. The molecule has 6 heteroatoms. The van der Waals surface area contributed by atoms with Gasteiger partial charge in [-0.05, 0) is 53.9 Å². The maximum atomic E-state index is 12.4. The molecule has 0 radical (unpaired) electrons. The minimum Gasteiger partial charge on any atom is -0.459 e. The van der Waals surface area contributed by atoms with Gasteiger partial charge in [-0.3, -0.25) is 10.1 Å². The van der Waals surface area contributed by atoms with Gasteiger partial charge < -0.3 is 18.9 Å². The maximum Gasteiger partial charge on any atom is 0.320 e. The number of rotatable bonds is 8. The van der Waals surface area contributed by atoms with E-state index in [0.29, 0.717) is 13.0 Å². The van der Waals surface area contributed by atoms with Crippen molar-refractivity contribution in [2.45, 2.75) is 88.9 Å². The zero-order chi connectivity index (χ0) is 21.4. The number of esters is 1. The first-order valence-corrected chi connectivity index (χ1v) is 10.5. The van der Waals surface area contributed by atoms with Crippen LogP contribution < -0.4 is 5.32 Å². The van der Waals surface area contributed by atoms with Crippen LogP contribution in [0.1, 0.15) is 53.9 Å². The van der Waals surface area contributed by atoms with Gasteiger partial charge in [-0.1, -0.05) is 17.6 Å². The van der Waals surface area contributed by atoms with Crippen molar-refractivity contribution in [1.82, 2.24) is 5.32 Å². The number of terminal acetylenes is 1. The van der Waals surface area contributed by atoms with Crippen LogP contribution in [0.3, 0.4) is 0 Å². The standard InChI is InChI=1S/C23H35NO5/c1-8-21(4,5)24-13-18(25)28-16-11-12-23(14-27-23)20(19(16)26-7)22(6)17(29-22)10-9-15(2)3/h1,9,16-17,19-20,24H,10-14H2,2-7H3/t16-,17-,19-,20-,22-,23+/m1/s1. The van der Waals surface area contributed by atoms with Crippen LogP contribution in [0.2, 0.25) is 0 Å².